The fourth-order valence-electron chi connectivity index (χ4n) is 2.36. The highest BCUT2D eigenvalue weighted by Crippen LogP contribution is 2.14. The van der Waals surface area contributed by atoms with Crippen LogP contribution in [-0.4, -0.2) is 5.91 Å². The summed E-state index contributed by atoms with van der Waals surface area (Å²) in [4.78, 5) is 12.1. The van der Waals surface area contributed by atoms with Gasteiger partial charge in [-0.3, -0.25) is 4.79 Å². The van der Waals surface area contributed by atoms with Crippen LogP contribution in [0.4, 0.5) is 4.39 Å². The molecule has 0 bridgehead atoms. The highest BCUT2D eigenvalue weighted by Gasteiger charge is 2.07. The van der Waals surface area contributed by atoms with Crippen LogP contribution < -0.4 is 10.1 Å². The summed E-state index contributed by atoms with van der Waals surface area (Å²) >= 11 is 0. The van der Waals surface area contributed by atoms with Crippen molar-refractivity contribution >= 4 is 5.91 Å². The first-order chi connectivity index (χ1) is 12.2. The minimum atomic E-state index is -0.326. The van der Waals surface area contributed by atoms with E-state index in [1.807, 2.05) is 30.3 Å². The highest BCUT2D eigenvalue weighted by molar-refractivity contribution is 5.94. The normalized spacial score (nSPS) is 10.3. The molecule has 0 heterocycles. The third kappa shape index (κ3) is 4.67. The summed E-state index contributed by atoms with van der Waals surface area (Å²) in [5, 5.41) is 2.71. The Morgan fingerprint density at radius 1 is 0.880 bits per heavy atom. The highest BCUT2D eigenvalue weighted by atomic mass is 19.1. The zero-order valence-corrected chi connectivity index (χ0v) is 13.6. The lowest BCUT2D eigenvalue weighted by Crippen LogP contribution is -2.23. The first-order valence-corrected chi connectivity index (χ1v) is 8.01. The number of nitrogens with one attached hydrogen (secondary N) is 1. The Morgan fingerprint density at radius 2 is 1.56 bits per heavy atom. The van der Waals surface area contributed by atoms with E-state index in [9.17, 15) is 9.18 Å². The van der Waals surface area contributed by atoms with Crippen LogP contribution in [0.1, 0.15) is 21.5 Å². The summed E-state index contributed by atoms with van der Waals surface area (Å²) in [6.45, 7) is 0.622. The molecule has 0 aliphatic carbocycles. The monoisotopic (exact) mass is 335 g/mol. The van der Waals surface area contributed by atoms with Crippen molar-refractivity contribution in [1.29, 1.82) is 0 Å². The molecule has 0 spiro atoms. The van der Waals surface area contributed by atoms with Gasteiger partial charge < -0.3 is 10.1 Å². The topological polar surface area (TPSA) is 38.3 Å². The maximum Gasteiger partial charge on any atom is 0.251 e. The molecule has 0 saturated heterocycles. The Morgan fingerprint density at radius 3 is 2.28 bits per heavy atom. The number of amides is 1. The summed E-state index contributed by atoms with van der Waals surface area (Å²) in [5.74, 6) is 0.111. The smallest absolute Gasteiger partial charge is 0.251 e. The van der Waals surface area contributed by atoms with Crippen LogP contribution in [0.25, 0.3) is 0 Å². The Hall–Kier alpha value is -3.14. The van der Waals surface area contributed by atoms with Crippen molar-refractivity contribution in [1.82, 2.24) is 5.32 Å². The van der Waals surface area contributed by atoms with Gasteiger partial charge in [-0.2, -0.15) is 0 Å². The van der Waals surface area contributed by atoms with Crippen molar-refractivity contribution in [3.05, 3.63) is 101 Å². The maximum absolute atomic E-state index is 13.6. The van der Waals surface area contributed by atoms with Crippen LogP contribution >= 0.6 is 0 Å². The zero-order valence-electron chi connectivity index (χ0n) is 13.6. The van der Waals surface area contributed by atoms with Crippen molar-refractivity contribution in [2.24, 2.45) is 0 Å². The molecule has 4 heteroatoms. The predicted molar refractivity (Wildman–Crippen MR) is 94.8 cm³/mol. The van der Waals surface area contributed by atoms with Crippen LogP contribution in [0.15, 0.2) is 78.9 Å². The van der Waals surface area contributed by atoms with Gasteiger partial charge in [0.15, 0.2) is 0 Å². The van der Waals surface area contributed by atoms with Crippen molar-refractivity contribution < 1.29 is 13.9 Å². The van der Waals surface area contributed by atoms with Crippen molar-refractivity contribution in [2.45, 2.75) is 13.2 Å². The third-order valence-electron chi connectivity index (χ3n) is 3.76. The number of hydrogen-bond donors (Lipinski definition) is 1. The number of carbonyl (C=O) groups is 1. The molecule has 3 nitrogen and oxygen atoms in total. The molecular formula is C21H18FNO2. The zero-order chi connectivity index (χ0) is 17.5. The average molecular weight is 335 g/mol. The Bertz CT molecular complexity index is 832. The maximum atomic E-state index is 13.6. The molecule has 0 saturated carbocycles. The molecule has 0 aliphatic rings. The summed E-state index contributed by atoms with van der Waals surface area (Å²) in [7, 11) is 0. The lowest BCUT2D eigenvalue weighted by atomic mass is 10.2. The van der Waals surface area contributed by atoms with Crippen molar-refractivity contribution in [3.63, 3.8) is 0 Å². The number of ether oxygens (including phenoxy) is 1. The van der Waals surface area contributed by atoms with Gasteiger partial charge in [-0.25, -0.2) is 4.39 Å². The van der Waals surface area contributed by atoms with E-state index in [1.165, 1.54) is 6.07 Å². The minimum Gasteiger partial charge on any atom is -0.489 e. The second kappa shape index (κ2) is 8.11. The van der Waals surface area contributed by atoms with Gasteiger partial charge in [-0.15, -0.1) is 0 Å². The Labute approximate surface area is 146 Å². The van der Waals surface area contributed by atoms with Gasteiger partial charge in [0.25, 0.3) is 5.91 Å². The number of halogens is 1. The lowest BCUT2D eigenvalue weighted by molar-refractivity contribution is 0.0950. The number of benzene rings is 3. The van der Waals surface area contributed by atoms with Crippen LogP contribution in [-0.2, 0) is 13.2 Å². The molecule has 1 amide bonds. The summed E-state index contributed by atoms with van der Waals surface area (Å²) in [6.07, 6.45) is 0. The molecule has 3 aromatic carbocycles. The molecule has 0 fully saturated rings. The third-order valence-corrected chi connectivity index (χ3v) is 3.76. The van der Waals surface area contributed by atoms with E-state index >= 15 is 0 Å². The molecule has 0 aliphatic heterocycles. The number of carbonyl (C=O) groups excluding carboxylic acids is 1. The largest absolute Gasteiger partial charge is 0.489 e. The standard InChI is InChI=1S/C21H18FNO2/c22-20-9-5-4-8-18(20)14-23-21(24)17-10-12-19(13-11-17)25-15-16-6-2-1-3-7-16/h1-13H,14-15H2,(H,23,24). The van der Waals surface area contributed by atoms with Crippen LogP contribution in [0.2, 0.25) is 0 Å². The Kier molecular flexibility index (Phi) is 5.42. The molecular weight excluding hydrogens is 317 g/mol. The molecule has 0 unspecified atom stereocenters. The number of rotatable bonds is 6. The van der Waals surface area contributed by atoms with Gasteiger partial charge in [-0.1, -0.05) is 48.5 Å². The Balaban J connectivity index is 1.54. The quantitative estimate of drug-likeness (QED) is 0.728. The van der Waals surface area contributed by atoms with Crippen LogP contribution in [0, 0.1) is 5.82 Å². The summed E-state index contributed by atoms with van der Waals surface area (Å²) in [5.41, 5.74) is 2.04. The van der Waals surface area contributed by atoms with E-state index in [4.69, 9.17) is 4.74 Å². The van der Waals surface area contributed by atoms with E-state index < -0.39 is 0 Å². The van der Waals surface area contributed by atoms with Gasteiger partial charge in [0.1, 0.15) is 18.2 Å². The van der Waals surface area contributed by atoms with E-state index in [2.05, 4.69) is 5.32 Å². The van der Waals surface area contributed by atoms with Crippen LogP contribution in [0.5, 0.6) is 5.75 Å². The van der Waals surface area contributed by atoms with Crippen molar-refractivity contribution in [2.75, 3.05) is 0 Å². The molecule has 0 aromatic heterocycles. The van der Waals surface area contributed by atoms with E-state index in [1.54, 1.807) is 42.5 Å². The van der Waals surface area contributed by atoms with Gasteiger partial charge in [0.05, 0.1) is 0 Å². The molecule has 25 heavy (non-hydrogen) atoms. The van der Waals surface area contributed by atoms with Gasteiger partial charge in [0, 0.05) is 17.7 Å². The van der Waals surface area contributed by atoms with Crippen molar-refractivity contribution in [3.8, 4) is 5.75 Å². The summed E-state index contributed by atoms with van der Waals surface area (Å²) in [6, 6.07) is 23.1. The average Bonchev–Trinajstić information content (AvgIpc) is 2.67. The molecule has 0 radical (unpaired) electrons. The van der Waals surface area contributed by atoms with Gasteiger partial charge >= 0.3 is 0 Å². The first kappa shape index (κ1) is 16.7. The second-order valence-electron chi connectivity index (χ2n) is 5.57. The minimum absolute atomic E-state index is 0.151. The number of hydrogen-bond acceptors (Lipinski definition) is 2. The molecule has 126 valence electrons. The summed E-state index contributed by atoms with van der Waals surface area (Å²) < 4.78 is 19.2. The second-order valence-corrected chi connectivity index (χ2v) is 5.57. The van der Waals surface area contributed by atoms with Gasteiger partial charge in [-0.05, 0) is 35.9 Å². The first-order valence-electron chi connectivity index (χ1n) is 8.01. The fraction of sp³-hybridized carbons (Fsp3) is 0.0952. The van der Waals surface area contributed by atoms with E-state index in [0.29, 0.717) is 23.5 Å². The molecule has 3 rings (SSSR count). The predicted octanol–water partition coefficient (Wildman–Crippen LogP) is 4.33. The fourth-order valence-corrected chi connectivity index (χ4v) is 2.36. The molecule has 1 N–H and O–H groups in total. The van der Waals surface area contributed by atoms with Crippen LogP contribution in [0.3, 0.4) is 0 Å². The van der Waals surface area contributed by atoms with E-state index in [0.717, 1.165) is 5.56 Å². The SMILES string of the molecule is O=C(NCc1ccccc1F)c1ccc(OCc2ccccc2)cc1. The molecule has 0 atom stereocenters. The lowest BCUT2D eigenvalue weighted by Gasteiger charge is -2.08. The van der Waals surface area contributed by atoms with E-state index in [-0.39, 0.29) is 18.3 Å². The van der Waals surface area contributed by atoms with Gasteiger partial charge in [0.2, 0.25) is 0 Å². The molecule has 3 aromatic rings.